The van der Waals surface area contributed by atoms with E-state index in [0.717, 1.165) is 103 Å². The van der Waals surface area contributed by atoms with Crippen molar-refractivity contribution in [3.63, 3.8) is 0 Å². The number of hydrogen-bond donors (Lipinski definition) is 0. The number of unbranched alkanes of at least 4 members (excludes halogenated alkanes) is 30. The molecule has 0 saturated heterocycles. The molecule has 0 radical (unpaired) electrons. The maximum Gasteiger partial charge on any atom is 0.306 e. The summed E-state index contributed by atoms with van der Waals surface area (Å²) in [6.45, 7) is 6.52. The van der Waals surface area contributed by atoms with Gasteiger partial charge in [-0.15, -0.1) is 0 Å². The summed E-state index contributed by atoms with van der Waals surface area (Å²) in [5.41, 5.74) is 0. The fourth-order valence-corrected chi connectivity index (χ4v) is 8.02. The van der Waals surface area contributed by atoms with Crippen LogP contribution in [0.2, 0.25) is 0 Å². The normalized spacial score (nSPS) is 12.5. The van der Waals surface area contributed by atoms with E-state index in [1.165, 1.54) is 141 Å². The van der Waals surface area contributed by atoms with Crippen molar-refractivity contribution in [2.24, 2.45) is 0 Å². The van der Waals surface area contributed by atoms with E-state index in [1.54, 1.807) is 0 Å². The molecule has 1 atom stereocenters. The molecule has 382 valence electrons. The van der Waals surface area contributed by atoms with Crippen LogP contribution >= 0.6 is 0 Å². The van der Waals surface area contributed by atoms with Gasteiger partial charge in [-0.3, -0.25) is 14.4 Å². The summed E-state index contributed by atoms with van der Waals surface area (Å²) in [4.78, 5) is 38.1. The second-order valence-corrected chi connectivity index (χ2v) is 18.8. The van der Waals surface area contributed by atoms with Gasteiger partial charge in [0.15, 0.2) is 6.10 Å². The predicted octanol–water partition coefficient (Wildman–Crippen LogP) is 18.8. The van der Waals surface area contributed by atoms with Crippen LogP contribution in [0.1, 0.15) is 284 Å². The van der Waals surface area contributed by atoms with Crippen LogP contribution in [-0.4, -0.2) is 37.2 Å². The zero-order valence-corrected chi connectivity index (χ0v) is 43.7. The lowest BCUT2D eigenvalue weighted by Gasteiger charge is -2.18. The average Bonchev–Trinajstić information content (AvgIpc) is 3.31. The minimum absolute atomic E-state index is 0.0841. The molecule has 0 saturated carbocycles. The highest BCUT2D eigenvalue weighted by Crippen LogP contribution is 2.16. The summed E-state index contributed by atoms with van der Waals surface area (Å²) in [5, 5.41) is 0. The lowest BCUT2D eigenvalue weighted by atomic mass is 10.0. The SMILES string of the molecule is CC/C=C\C/C=C\C/C=C\C/C=C\CCCCCCCCC(=O)OCC(COC(=O)CCCCC/C=C\CCCCCCCC)OC(=O)CCCCCCCCCCCCCCCCCC. The van der Waals surface area contributed by atoms with Gasteiger partial charge in [0, 0.05) is 19.3 Å². The van der Waals surface area contributed by atoms with Gasteiger partial charge in [-0.2, -0.15) is 0 Å². The maximum absolute atomic E-state index is 12.8. The summed E-state index contributed by atoms with van der Waals surface area (Å²) in [7, 11) is 0. The quantitative estimate of drug-likeness (QED) is 0.0262. The van der Waals surface area contributed by atoms with E-state index in [1.807, 2.05) is 0 Å². The van der Waals surface area contributed by atoms with Gasteiger partial charge >= 0.3 is 17.9 Å². The van der Waals surface area contributed by atoms with Crippen molar-refractivity contribution in [3.8, 4) is 0 Å². The molecule has 66 heavy (non-hydrogen) atoms. The first-order valence-corrected chi connectivity index (χ1v) is 28.3. The van der Waals surface area contributed by atoms with Crippen LogP contribution < -0.4 is 0 Å². The van der Waals surface area contributed by atoms with Gasteiger partial charge in [-0.05, 0) is 83.5 Å². The zero-order valence-electron chi connectivity index (χ0n) is 43.7. The molecule has 0 fully saturated rings. The van der Waals surface area contributed by atoms with Crippen molar-refractivity contribution in [1.29, 1.82) is 0 Å². The molecule has 0 spiro atoms. The molecule has 0 amide bonds. The largest absolute Gasteiger partial charge is 0.462 e. The second kappa shape index (κ2) is 54.7. The third-order valence-corrected chi connectivity index (χ3v) is 12.3. The first-order valence-electron chi connectivity index (χ1n) is 28.3. The first-order chi connectivity index (χ1) is 32.5. The van der Waals surface area contributed by atoms with Crippen LogP contribution in [0.25, 0.3) is 0 Å². The Hall–Kier alpha value is -2.89. The summed E-state index contributed by atoms with van der Waals surface area (Å²) < 4.78 is 16.8. The fourth-order valence-electron chi connectivity index (χ4n) is 8.02. The predicted molar refractivity (Wildman–Crippen MR) is 284 cm³/mol. The van der Waals surface area contributed by atoms with Crippen molar-refractivity contribution in [3.05, 3.63) is 60.8 Å². The van der Waals surface area contributed by atoms with Crippen molar-refractivity contribution < 1.29 is 28.6 Å². The fraction of sp³-hybridized carbons (Fsp3) is 0.783. The van der Waals surface area contributed by atoms with Crippen LogP contribution in [-0.2, 0) is 28.6 Å². The number of ether oxygens (including phenoxy) is 3. The number of esters is 3. The monoisotopic (exact) mass is 923 g/mol. The molecule has 0 bridgehead atoms. The smallest absolute Gasteiger partial charge is 0.306 e. The van der Waals surface area contributed by atoms with Gasteiger partial charge in [0.25, 0.3) is 0 Å². The standard InChI is InChI=1S/C60H106O6/c1-4-7-10-13-16-19-22-25-27-29-30-31-33-35-38-41-44-47-50-53-59(62)65-56-57(55-64-58(61)52-49-46-43-40-37-34-24-21-18-15-12-9-6-3)66-60(63)54-51-48-45-42-39-36-32-28-26-23-20-17-14-11-8-5-2/h7,10,16,19,25,27,30-31,34,37,57H,4-6,8-9,11-15,17-18,20-24,26,28-29,32-33,35-36,38-56H2,1-3H3/b10-7-,19-16-,27-25-,31-30-,37-34-. The van der Waals surface area contributed by atoms with E-state index in [-0.39, 0.29) is 31.1 Å². The van der Waals surface area contributed by atoms with Gasteiger partial charge in [0.1, 0.15) is 13.2 Å². The van der Waals surface area contributed by atoms with E-state index >= 15 is 0 Å². The van der Waals surface area contributed by atoms with E-state index in [0.29, 0.717) is 19.3 Å². The summed E-state index contributed by atoms with van der Waals surface area (Å²) in [6.07, 6.45) is 67.8. The molecule has 0 aromatic carbocycles. The van der Waals surface area contributed by atoms with Crippen LogP contribution in [0, 0.1) is 0 Å². The molecule has 0 N–H and O–H groups in total. The highest BCUT2D eigenvalue weighted by atomic mass is 16.6. The highest BCUT2D eigenvalue weighted by Gasteiger charge is 2.19. The Bertz CT molecular complexity index is 1200. The lowest BCUT2D eigenvalue weighted by Crippen LogP contribution is -2.30. The minimum Gasteiger partial charge on any atom is -0.462 e. The number of carbonyl (C=O) groups is 3. The van der Waals surface area contributed by atoms with Gasteiger partial charge in [-0.25, -0.2) is 0 Å². The van der Waals surface area contributed by atoms with Gasteiger partial charge in [-0.1, -0.05) is 242 Å². The topological polar surface area (TPSA) is 78.9 Å². The summed E-state index contributed by atoms with van der Waals surface area (Å²) >= 11 is 0. The molecule has 0 aromatic rings. The molecule has 0 aliphatic rings. The van der Waals surface area contributed by atoms with E-state index in [4.69, 9.17) is 14.2 Å². The van der Waals surface area contributed by atoms with E-state index < -0.39 is 6.10 Å². The third-order valence-electron chi connectivity index (χ3n) is 12.3. The Morgan fingerprint density at radius 1 is 0.318 bits per heavy atom. The van der Waals surface area contributed by atoms with Crippen LogP contribution in [0.4, 0.5) is 0 Å². The lowest BCUT2D eigenvalue weighted by molar-refractivity contribution is -0.167. The molecular weight excluding hydrogens is 817 g/mol. The van der Waals surface area contributed by atoms with Gasteiger partial charge < -0.3 is 14.2 Å². The Morgan fingerprint density at radius 3 is 0.955 bits per heavy atom. The molecule has 0 aliphatic carbocycles. The molecule has 6 nitrogen and oxygen atoms in total. The number of allylic oxidation sites excluding steroid dienone is 10. The van der Waals surface area contributed by atoms with Gasteiger partial charge in [0.05, 0.1) is 0 Å². The molecule has 1 unspecified atom stereocenters. The first kappa shape index (κ1) is 63.1. The summed E-state index contributed by atoms with van der Waals surface area (Å²) in [6, 6.07) is 0. The molecule has 0 aliphatic heterocycles. The molecule has 0 heterocycles. The maximum atomic E-state index is 12.8. The highest BCUT2D eigenvalue weighted by molar-refractivity contribution is 5.71. The van der Waals surface area contributed by atoms with E-state index in [9.17, 15) is 14.4 Å². The molecule has 0 aromatic heterocycles. The van der Waals surface area contributed by atoms with Crippen molar-refractivity contribution in [1.82, 2.24) is 0 Å². The van der Waals surface area contributed by atoms with E-state index in [2.05, 4.69) is 81.5 Å². The number of carbonyl (C=O) groups excluding carboxylic acids is 3. The Kier molecular flexibility index (Phi) is 52.3. The number of rotatable bonds is 51. The zero-order chi connectivity index (χ0) is 47.9. The average molecular weight is 924 g/mol. The molecule has 6 heteroatoms. The summed E-state index contributed by atoms with van der Waals surface area (Å²) in [5.74, 6) is -0.901. The van der Waals surface area contributed by atoms with Crippen LogP contribution in [0.5, 0.6) is 0 Å². The van der Waals surface area contributed by atoms with Crippen molar-refractivity contribution in [2.75, 3.05) is 13.2 Å². The van der Waals surface area contributed by atoms with Gasteiger partial charge in [0.2, 0.25) is 0 Å². The molecule has 0 rings (SSSR count). The van der Waals surface area contributed by atoms with Crippen LogP contribution in [0.15, 0.2) is 60.8 Å². The van der Waals surface area contributed by atoms with Crippen molar-refractivity contribution >= 4 is 17.9 Å². The minimum atomic E-state index is -0.784. The van der Waals surface area contributed by atoms with Crippen LogP contribution in [0.3, 0.4) is 0 Å². The Morgan fingerprint density at radius 2 is 0.591 bits per heavy atom. The Balaban J connectivity index is 4.38. The number of hydrogen-bond acceptors (Lipinski definition) is 6. The Labute approximate surface area is 409 Å². The van der Waals surface area contributed by atoms with Crippen molar-refractivity contribution in [2.45, 2.75) is 290 Å². The molecular formula is C60H106O6. The second-order valence-electron chi connectivity index (χ2n) is 18.8. The third kappa shape index (κ3) is 52.1.